The highest BCUT2D eigenvalue weighted by Gasteiger charge is 2.47. The summed E-state index contributed by atoms with van der Waals surface area (Å²) in [6, 6.07) is -0.887. The van der Waals surface area contributed by atoms with E-state index in [1.54, 1.807) is 6.92 Å². The van der Waals surface area contributed by atoms with Crippen molar-refractivity contribution in [3.63, 3.8) is 0 Å². The van der Waals surface area contributed by atoms with Crippen molar-refractivity contribution in [1.29, 1.82) is 0 Å². The molecule has 1 N–H and O–H groups in total. The molecule has 1 fully saturated rings. The second-order valence-corrected chi connectivity index (χ2v) is 3.17. The predicted octanol–water partition coefficient (Wildman–Crippen LogP) is -0.800. The second kappa shape index (κ2) is 3.65. The maximum atomic E-state index is 11.3. The van der Waals surface area contributed by atoms with Gasteiger partial charge in [-0.1, -0.05) is 0 Å². The quantitative estimate of drug-likeness (QED) is 0.592. The Morgan fingerprint density at radius 1 is 1.43 bits per heavy atom. The Morgan fingerprint density at radius 2 is 2.00 bits per heavy atom. The van der Waals surface area contributed by atoms with Crippen LogP contribution in [0, 0.1) is 0 Å². The molecule has 1 aliphatic heterocycles. The van der Waals surface area contributed by atoms with Gasteiger partial charge in [0.2, 0.25) is 5.91 Å². The van der Waals surface area contributed by atoms with Crippen LogP contribution < -0.4 is 5.32 Å². The summed E-state index contributed by atoms with van der Waals surface area (Å²) < 4.78 is 0. The lowest BCUT2D eigenvalue weighted by molar-refractivity contribution is -0.228. The lowest BCUT2D eigenvalue weighted by Gasteiger charge is -2.42. The van der Waals surface area contributed by atoms with E-state index in [1.807, 2.05) is 0 Å². The van der Waals surface area contributed by atoms with Crippen molar-refractivity contribution in [2.24, 2.45) is 0 Å². The third-order valence-corrected chi connectivity index (χ3v) is 1.92. The molecule has 2 amide bonds. The predicted molar refractivity (Wildman–Crippen MR) is 45.7 cm³/mol. The minimum Gasteiger partial charge on any atom is -0.343 e. The first-order chi connectivity index (χ1) is 6.43. The molecule has 0 saturated carbocycles. The highest BCUT2D eigenvalue weighted by molar-refractivity contribution is 5.92. The van der Waals surface area contributed by atoms with Crippen molar-refractivity contribution in [3.8, 4) is 0 Å². The highest BCUT2D eigenvalue weighted by Crippen LogP contribution is 2.19. The Labute approximate surface area is 81.1 Å². The third-order valence-electron chi connectivity index (χ3n) is 1.92. The van der Waals surface area contributed by atoms with Crippen molar-refractivity contribution in [2.45, 2.75) is 32.9 Å². The van der Waals surface area contributed by atoms with Crippen molar-refractivity contribution in [1.82, 2.24) is 10.4 Å². The molecular weight excluding hydrogens is 188 g/mol. The number of β-lactam (4-membered cyclic amide) rings is 1. The Morgan fingerprint density at radius 3 is 2.36 bits per heavy atom. The molecule has 2 atom stereocenters. The van der Waals surface area contributed by atoms with Gasteiger partial charge in [0.25, 0.3) is 5.91 Å². The minimum absolute atomic E-state index is 0.280. The molecule has 6 heteroatoms. The van der Waals surface area contributed by atoms with Crippen molar-refractivity contribution < 1.29 is 19.2 Å². The molecular formula is C8H12N2O4. The SMILES string of the molecule is CC(=O)NC1C(=O)N(OC(C)=O)C1C. The molecule has 1 rings (SSSR count). The number of hydroxylamine groups is 2. The van der Waals surface area contributed by atoms with Crippen LogP contribution in [-0.4, -0.2) is 34.9 Å². The summed E-state index contributed by atoms with van der Waals surface area (Å²) in [5, 5.41) is 3.42. The van der Waals surface area contributed by atoms with E-state index < -0.39 is 17.9 Å². The lowest BCUT2D eigenvalue weighted by Crippen LogP contribution is -2.69. The summed E-state index contributed by atoms with van der Waals surface area (Å²) in [6.07, 6.45) is 0. The van der Waals surface area contributed by atoms with Crippen LogP contribution in [-0.2, 0) is 19.2 Å². The molecule has 0 radical (unpaired) electrons. The van der Waals surface area contributed by atoms with Gasteiger partial charge in [0.15, 0.2) is 0 Å². The fraction of sp³-hybridized carbons (Fsp3) is 0.625. The van der Waals surface area contributed by atoms with Crippen molar-refractivity contribution >= 4 is 17.8 Å². The lowest BCUT2D eigenvalue weighted by atomic mass is 10.0. The largest absolute Gasteiger partial charge is 0.343 e. The van der Waals surface area contributed by atoms with Crippen LogP contribution >= 0.6 is 0 Å². The van der Waals surface area contributed by atoms with E-state index in [0.29, 0.717) is 0 Å². The normalized spacial score (nSPS) is 25.4. The van der Waals surface area contributed by atoms with E-state index in [2.05, 4.69) is 10.2 Å². The second-order valence-electron chi connectivity index (χ2n) is 3.17. The van der Waals surface area contributed by atoms with Crippen molar-refractivity contribution in [3.05, 3.63) is 0 Å². The van der Waals surface area contributed by atoms with E-state index in [1.165, 1.54) is 13.8 Å². The maximum Gasteiger partial charge on any atom is 0.329 e. The third kappa shape index (κ3) is 1.84. The van der Waals surface area contributed by atoms with Gasteiger partial charge in [-0.3, -0.25) is 14.4 Å². The first kappa shape index (κ1) is 10.5. The Balaban J connectivity index is 2.52. The van der Waals surface area contributed by atoms with Gasteiger partial charge in [-0.15, -0.1) is 0 Å². The van der Waals surface area contributed by atoms with Crippen LogP contribution in [0.1, 0.15) is 20.8 Å². The standard InChI is InChI=1S/C8H12N2O4/c1-4-7(9-5(2)11)8(13)10(4)14-6(3)12/h4,7H,1-3H3,(H,9,11). The van der Waals surface area contributed by atoms with Crippen LogP contribution in [0.4, 0.5) is 0 Å². The summed E-state index contributed by atoms with van der Waals surface area (Å²) in [4.78, 5) is 37.1. The monoisotopic (exact) mass is 200 g/mol. The van der Waals surface area contributed by atoms with Gasteiger partial charge in [-0.2, -0.15) is 5.06 Å². The summed E-state index contributed by atoms with van der Waals surface area (Å²) in [5.74, 6) is -1.23. The van der Waals surface area contributed by atoms with Crippen LogP contribution in [0.15, 0.2) is 0 Å². The van der Waals surface area contributed by atoms with E-state index in [0.717, 1.165) is 5.06 Å². The Bertz CT molecular complexity index is 263. The zero-order valence-electron chi connectivity index (χ0n) is 8.23. The van der Waals surface area contributed by atoms with E-state index in [-0.39, 0.29) is 11.9 Å². The number of hydrogen-bond acceptors (Lipinski definition) is 4. The molecule has 0 aromatic heterocycles. The molecule has 0 aliphatic carbocycles. The maximum absolute atomic E-state index is 11.3. The summed E-state index contributed by atoms with van der Waals surface area (Å²) in [7, 11) is 0. The number of hydrogen-bond donors (Lipinski definition) is 1. The van der Waals surface area contributed by atoms with Gasteiger partial charge in [-0.05, 0) is 6.92 Å². The number of nitrogens with one attached hydrogen (secondary N) is 1. The van der Waals surface area contributed by atoms with Gasteiger partial charge >= 0.3 is 5.97 Å². The van der Waals surface area contributed by atoms with Crippen molar-refractivity contribution in [2.75, 3.05) is 0 Å². The number of carbonyl (C=O) groups is 3. The van der Waals surface area contributed by atoms with Crippen LogP contribution in [0.3, 0.4) is 0 Å². The molecule has 1 heterocycles. The van der Waals surface area contributed by atoms with Gasteiger partial charge in [0.05, 0.1) is 6.04 Å². The van der Waals surface area contributed by atoms with E-state index in [4.69, 9.17) is 0 Å². The smallest absolute Gasteiger partial charge is 0.329 e. The molecule has 78 valence electrons. The molecule has 14 heavy (non-hydrogen) atoms. The molecule has 0 aromatic rings. The number of carbonyl (C=O) groups excluding carboxylic acids is 3. The first-order valence-electron chi connectivity index (χ1n) is 4.22. The molecule has 2 unspecified atom stereocenters. The first-order valence-corrected chi connectivity index (χ1v) is 4.22. The molecule has 0 spiro atoms. The number of amides is 2. The molecule has 1 aliphatic rings. The summed E-state index contributed by atoms with van der Waals surface area (Å²) in [5.41, 5.74) is 0. The summed E-state index contributed by atoms with van der Waals surface area (Å²) >= 11 is 0. The molecule has 6 nitrogen and oxygen atoms in total. The topological polar surface area (TPSA) is 75.7 Å². The minimum atomic E-state index is -0.577. The Kier molecular flexibility index (Phi) is 2.73. The number of rotatable bonds is 2. The van der Waals surface area contributed by atoms with Crippen LogP contribution in [0.25, 0.3) is 0 Å². The average molecular weight is 200 g/mol. The van der Waals surface area contributed by atoms with Gasteiger partial charge in [0, 0.05) is 13.8 Å². The van der Waals surface area contributed by atoms with Gasteiger partial charge < -0.3 is 10.2 Å². The fourth-order valence-electron chi connectivity index (χ4n) is 1.27. The van der Waals surface area contributed by atoms with Crippen LogP contribution in [0.2, 0.25) is 0 Å². The van der Waals surface area contributed by atoms with E-state index >= 15 is 0 Å². The van der Waals surface area contributed by atoms with Gasteiger partial charge in [-0.25, -0.2) is 0 Å². The Hall–Kier alpha value is -1.59. The van der Waals surface area contributed by atoms with Crippen LogP contribution in [0.5, 0.6) is 0 Å². The zero-order chi connectivity index (χ0) is 10.9. The fourth-order valence-corrected chi connectivity index (χ4v) is 1.27. The average Bonchev–Trinajstić information content (AvgIpc) is 2.09. The number of nitrogens with zero attached hydrogens (tertiary/aromatic N) is 1. The molecule has 1 saturated heterocycles. The highest BCUT2D eigenvalue weighted by atomic mass is 16.7. The molecule has 0 aromatic carbocycles. The molecule has 0 bridgehead atoms. The summed E-state index contributed by atoms with van der Waals surface area (Å²) in [6.45, 7) is 4.23. The van der Waals surface area contributed by atoms with Gasteiger partial charge in [0.1, 0.15) is 6.04 Å². The van der Waals surface area contributed by atoms with E-state index in [9.17, 15) is 14.4 Å². The zero-order valence-corrected chi connectivity index (χ0v) is 8.23.